The van der Waals surface area contributed by atoms with Gasteiger partial charge in [-0.1, -0.05) is 48.5 Å². The van der Waals surface area contributed by atoms with Crippen LogP contribution in [0.1, 0.15) is 66.1 Å². The quantitative estimate of drug-likeness (QED) is 0.605. The summed E-state index contributed by atoms with van der Waals surface area (Å²) < 4.78 is 0. The second-order valence-corrected chi connectivity index (χ2v) is 11.2. The van der Waals surface area contributed by atoms with Gasteiger partial charge in [0.2, 0.25) is 5.91 Å². The van der Waals surface area contributed by atoms with E-state index in [4.69, 9.17) is 0 Å². The topological polar surface area (TPSA) is 43.9 Å². The smallest absolute Gasteiger partial charge is 0.254 e. The van der Waals surface area contributed by atoms with E-state index in [1.54, 1.807) is 0 Å². The average molecular weight is 474 g/mol. The van der Waals surface area contributed by atoms with Crippen molar-refractivity contribution in [2.75, 3.05) is 26.2 Å². The van der Waals surface area contributed by atoms with Crippen LogP contribution in [0.5, 0.6) is 0 Å². The molecule has 0 spiro atoms. The van der Waals surface area contributed by atoms with Crippen LogP contribution in [0.25, 0.3) is 0 Å². The first kappa shape index (κ1) is 24.1. The first-order valence-corrected chi connectivity index (χ1v) is 13.3. The number of likely N-dealkylation sites (tertiary alicyclic amines) is 2. The highest BCUT2D eigenvalue weighted by molar-refractivity contribution is 5.97. The maximum Gasteiger partial charge on any atom is 0.254 e. The summed E-state index contributed by atoms with van der Waals surface area (Å²) in [6.07, 6.45) is 5.08. The second-order valence-electron chi connectivity index (χ2n) is 11.2. The molecule has 5 rings (SSSR count). The monoisotopic (exact) mass is 473 g/mol. The highest BCUT2D eigenvalue weighted by Crippen LogP contribution is 2.37. The molecule has 2 saturated heterocycles. The molecule has 0 aromatic heterocycles. The summed E-state index contributed by atoms with van der Waals surface area (Å²) in [5.74, 6) is 0.758. The summed E-state index contributed by atoms with van der Waals surface area (Å²) in [6.45, 7) is 10.7. The Bertz CT molecular complexity index is 1050. The molecule has 2 amide bonds. The number of benzene rings is 2. The van der Waals surface area contributed by atoms with E-state index in [2.05, 4.69) is 41.0 Å². The highest BCUT2D eigenvalue weighted by Gasteiger charge is 2.44. The molecule has 3 aliphatic rings. The van der Waals surface area contributed by atoms with E-state index in [-0.39, 0.29) is 23.4 Å². The van der Waals surface area contributed by atoms with Crippen LogP contribution in [-0.4, -0.2) is 64.3 Å². The molecule has 1 aliphatic carbocycles. The molecule has 2 aromatic carbocycles. The van der Waals surface area contributed by atoms with Gasteiger partial charge in [0.15, 0.2) is 0 Å². The number of carbonyl (C=O) groups is 2. The van der Waals surface area contributed by atoms with Crippen molar-refractivity contribution < 1.29 is 9.59 Å². The van der Waals surface area contributed by atoms with E-state index in [1.807, 2.05) is 43.0 Å². The number of carbonyl (C=O) groups excluding carboxylic acids is 2. The van der Waals surface area contributed by atoms with Crippen molar-refractivity contribution >= 4 is 11.8 Å². The predicted octanol–water partition coefficient (Wildman–Crippen LogP) is 4.81. The van der Waals surface area contributed by atoms with E-state index in [1.165, 1.54) is 5.56 Å². The zero-order valence-electron chi connectivity index (χ0n) is 21.5. The van der Waals surface area contributed by atoms with Gasteiger partial charge in [0.25, 0.3) is 5.91 Å². The SMILES string of the molecule is Cc1cccc(C)c1C(=O)N1CCC(C)(N2CC[C@@H](N(Cc3ccccc3)C(=O)C3CC3)C2)CC1. The normalized spacial score (nSPS) is 22.3. The van der Waals surface area contributed by atoms with Crippen LogP contribution in [0.3, 0.4) is 0 Å². The minimum absolute atomic E-state index is 0.0767. The molecule has 2 heterocycles. The number of piperidine rings is 1. The lowest BCUT2D eigenvalue weighted by Gasteiger charge is -2.45. The van der Waals surface area contributed by atoms with Crippen LogP contribution in [-0.2, 0) is 11.3 Å². The Balaban J connectivity index is 1.23. The Morgan fingerprint density at radius 1 is 0.914 bits per heavy atom. The molecule has 0 bridgehead atoms. The third kappa shape index (κ3) is 5.02. The summed E-state index contributed by atoms with van der Waals surface area (Å²) in [6, 6.07) is 16.8. The number of hydrogen-bond acceptors (Lipinski definition) is 3. The number of hydrogen-bond donors (Lipinski definition) is 0. The van der Waals surface area contributed by atoms with Gasteiger partial charge in [-0.25, -0.2) is 0 Å². The Morgan fingerprint density at radius 2 is 1.57 bits per heavy atom. The zero-order valence-corrected chi connectivity index (χ0v) is 21.5. The van der Waals surface area contributed by atoms with Gasteiger partial charge in [0.05, 0.1) is 0 Å². The van der Waals surface area contributed by atoms with Crippen molar-refractivity contribution in [2.45, 2.75) is 71.0 Å². The van der Waals surface area contributed by atoms with E-state index in [9.17, 15) is 9.59 Å². The largest absolute Gasteiger partial charge is 0.338 e. The lowest BCUT2D eigenvalue weighted by atomic mass is 9.87. The number of amides is 2. The maximum atomic E-state index is 13.3. The molecule has 1 atom stereocenters. The molecule has 186 valence electrons. The lowest BCUT2D eigenvalue weighted by molar-refractivity contribution is -0.135. The standard InChI is InChI=1S/C30H39N3O2/c1-22-8-7-9-23(2)27(22)29(35)31-18-15-30(3,16-19-31)32-17-14-26(21-32)33(28(34)25-12-13-25)20-24-10-5-4-6-11-24/h4-11,25-26H,12-21H2,1-3H3/t26-/m1/s1. The van der Waals surface area contributed by atoms with Crippen LogP contribution in [0, 0.1) is 19.8 Å². The summed E-state index contributed by atoms with van der Waals surface area (Å²) in [5.41, 5.74) is 4.28. The minimum atomic E-state index is 0.0767. The van der Waals surface area contributed by atoms with Crippen molar-refractivity contribution in [1.82, 2.24) is 14.7 Å². The molecule has 2 aliphatic heterocycles. The Labute approximate surface area is 210 Å². The molecule has 3 fully saturated rings. The van der Waals surface area contributed by atoms with E-state index in [0.717, 1.165) is 75.0 Å². The van der Waals surface area contributed by atoms with Gasteiger partial charge in [-0.3, -0.25) is 14.5 Å². The third-order valence-corrected chi connectivity index (χ3v) is 8.60. The van der Waals surface area contributed by atoms with Gasteiger partial charge in [-0.15, -0.1) is 0 Å². The third-order valence-electron chi connectivity index (χ3n) is 8.60. The van der Waals surface area contributed by atoms with Gasteiger partial charge in [-0.05, 0) is 69.6 Å². The maximum absolute atomic E-state index is 13.3. The lowest BCUT2D eigenvalue weighted by Crippen LogP contribution is -2.54. The van der Waals surface area contributed by atoms with E-state index < -0.39 is 0 Å². The molecule has 5 nitrogen and oxygen atoms in total. The molecule has 5 heteroatoms. The average Bonchev–Trinajstić information content (AvgIpc) is 3.59. The molecule has 35 heavy (non-hydrogen) atoms. The fourth-order valence-corrected chi connectivity index (χ4v) is 6.04. The molecule has 0 radical (unpaired) electrons. The second kappa shape index (κ2) is 9.77. The molecule has 0 unspecified atom stereocenters. The predicted molar refractivity (Wildman–Crippen MR) is 139 cm³/mol. The highest BCUT2D eigenvalue weighted by atomic mass is 16.2. The van der Waals surface area contributed by atoms with E-state index >= 15 is 0 Å². The van der Waals surface area contributed by atoms with Gasteiger partial charge >= 0.3 is 0 Å². The van der Waals surface area contributed by atoms with Gasteiger partial charge < -0.3 is 9.80 Å². The van der Waals surface area contributed by atoms with Crippen LogP contribution < -0.4 is 0 Å². The van der Waals surface area contributed by atoms with Crippen LogP contribution >= 0.6 is 0 Å². The molecule has 1 saturated carbocycles. The van der Waals surface area contributed by atoms with Crippen LogP contribution in [0.2, 0.25) is 0 Å². The summed E-state index contributed by atoms with van der Waals surface area (Å²) in [7, 11) is 0. The Morgan fingerprint density at radius 3 is 2.20 bits per heavy atom. The van der Waals surface area contributed by atoms with Crippen molar-refractivity contribution in [2.24, 2.45) is 5.92 Å². The van der Waals surface area contributed by atoms with Crippen LogP contribution in [0.4, 0.5) is 0 Å². The molecular weight excluding hydrogens is 434 g/mol. The molecule has 0 N–H and O–H groups in total. The van der Waals surface area contributed by atoms with Gasteiger partial charge in [-0.2, -0.15) is 0 Å². The summed E-state index contributed by atoms with van der Waals surface area (Å²) in [4.78, 5) is 33.4. The van der Waals surface area contributed by atoms with Gasteiger partial charge in [0.1, 0.15) is 0 Å². The zero-order chi connectivity index (χ0) is 24.6. The number of aryl methyl sites for hydroxylation is 2. The number of rotatable bonds is 6. The minimum Gasteiger partial charge on any atom is -0.338 e. The molecular formula is C30H39N3O2. The van der Waals surface area contributed by atoms with Crippen molar-refractivity contribution in [3.05, 3.63) is 70.8 Å². The first-order valence-electron chi connectivity index (χ1n) is 13.3. The Kier molecular flexibility index (Phi) is 6.71. The van der Waals surface area contributed by atoms with Gasteiger partial charge in [0, 0.05) is 55.8 Å². The Hall–Kier alpha value is -2.66. The fraction of sp³-hybridized carbons (Fsp3) is 0.533. The first-order chi connectivity index (χ1) is 16.9. The number of nitrogens with zero attached hydrogens (tertiary/aromatic N) is 3. The van der Waals surface area contributed by atoms with Crippen molar-refractivity contribution in [3.63, 3.8) is 0 Å². The van der Waals surface area contributed by atoms with Crippen LogP contribution in [0.15, 0.2) is 48.5 Å². The van der Waals surface area contributed by atoms with E-state index in [0.29, 0.717) is 12.5 Å². The molecule has 2 aromatic rings. The summed E-state index contributed by atoms with van der Waals surface area (Å²) in [5, 5.41) is 0. The van der Waals surface area contributed by atoms with Crippen molar-refractivity contribution in [3.8, 4) is 0 Å². The fourth-order valence-electron chi connectivity index (χ4n) is 6.04. The summed E-state index contributed by atoms with van der Waals surface area (Å²) >= 11 is 0. The van der Waals surface area contributed by atoms with Crippen molar-refractivity contribution in [1.29, 1.82) is 0 Å².